The van der Waals surface area contributed by atoms with Gasteiger partial charge in [-0.2, -0.15) is 4.98 Å². The van der Waals surface area contributed by atoms with Crippen LogP contribution in [0.3, 0.4) is 0 Å². The molecule has 0 amide bonds. The number of nitrogens with one attached hydrogen (secondary N) is 1. The van der Waals surface area contributed by atoms with Crippen LogP contribution in [-0.4, -0.2) is 16.0 Å². The molecular formula is C14H20N4S. The minimum absolute atomic E-state index is 0.361. The summed E-state index contributed by atoms with van der Waals surface area (Å²) in [5.74, 6) is 2.04. The van der Waals surface area contributed by atoms with Gasteiger partial charge in [-0.05, 0) is 38.2 Å². The van der Waals surface area contributed by atoms with Crippen LogP contribution >= 0.6 is 11.3 Å². The number of aromatic nitrogens is 2. The first-order chi connectivity index (χ1) is 9.17. The van der Waals surface area contributed by atoms with Crippen molar-refractivity contribution in [2.75, 3.05) is 11.1 Å². The van der Waals surface area contributed by atoms with Gasteiger partial charge in [0, 0.05) is 10.9 Å². The Morgan fingerprint density at radius 2 is 2.26 bits per heavy atom. The molecule has 4 nitrogen and oxygen atoms in total. The van der Waals surface area contributed by atoms with Crippen molar-refractivity contribution >= 4 is 33.3 Å². The Balaban J connectivity index is 1.94. The van der Waals surface area contributed by atoms with Crippen LogP contribution in [0.25, 0.3) is 10.2 Å². The topological polar surface area (TPSA) is 63.8 Å². The molecule has 0 aliphatic heterocycles. The molecule has 2 aromatic heterocycles. The van der Waals surface area contributed by atoms with E-state index in [4.69, 9.17) is 5.73 Å². The highest BCUT2D eigenvalue weighted by Crippen LogP contribution is 2.34. The zero-order chi connectivity index (χ0) is 13.4. The van der Waals surface area contributed by atoms with E-state index in [0.717, 1.165) is 28.4 Å². The van der Waals surface area contributed by atoms with Crippen molar-refractivity contribution in [2.24, 2.45) is 5.92 Å². The molecule has 102 valence electrons. The second-order valence-corrected chi connectivity index (χ2v) is 6.45. The molecule has 0 radical (unpaired) electrons. The predicted molar refractivity (Wildman–Crippen MR) is 81.6 cm³/mol. The molecule has 3 rings (SSSR count). The van der Waals surface area contributed by atoms with Crippen LogP contribution < -0.4 is 11.1 Å². The van der Waals surface area contributed by atoms with Gasteiger partial charge in [0.15, 0.2) is 0 Å². The number of nitrogen functional groups attached to an aromatic ring is 1. The Labute approximate surface area is 117 Å². The number of hydrogen-bond acceptors (Lipinski definition) is 5. The Kier molecular flexibility index (Phi) is 3.31. The van der Waals surface area contributed by atoms with Crippen LogP contribution in [0.15, 0.2) is 6.07 Å². The zero-order valence-electron chi connectivity index (χ0n) is 11.4. The van der Waals surface area contributed by atoms with Crippen molar-refractivity contribution in [3.8, 4) is 0 Å². The number of fused-ring (bicyclic) bond motifs is 1. The summed E-state index contributed by atoms with van der Waals surface area (Å²) < 4.78 is 0. The van der Waals surface area contributed by atoms with E-state index in [1.165, 1.54) is 24.1 Å². The second-order valence-electron chi connectivity index (χ2n) is 5.34. The van der Waals surface area contributed by atoms with Gasteiger partial charge in [0.2, 0.25) is 5.95 Å². The van der Waals surface area contributed by atoms with E-state index in [-0.39, 0.29) is 0 Å². The lowest BCUT2D eigenvalue weighted by molar-refractivity contribution is 0.285. The first-order valence-electron chi connectivity index (χ1n) is 7.00. The highest BCUT2D eigenvalue weighted by atomic mass is 32.1. The molecule has 0 aromatic carbocycles. The first-order valence-corrected chi connectivity index (χ1v) is 7.81. The molecule has 1 atom stereocenters. The molecule has 2 aromatic rings. The van der Waals surface area contributed by atoms with Crippen LogP contribution in [0.4, 0.5) is 11.8 Å². The van der Waals surface area contributed by atoms with Crippen molar-refractivity contribution in [2.45, 2.75) is 45.6 Å². The quantitative estimate of drug-likeness (QED) is 0.898. The molecule has 5 heteroatoms. The van der Waals surface area contributed by atoms with E-state index >= 15 is 0 Å². The summed E-state index contributed by atoms with van der Waals surface area (Å²) in [6.45, 7) is 4.40. The van der Waals surface area contributed by atoms with Crippen molar-refractivity contribution in [3.63, 3.8) is 0 Å². The van der Waals surface area contributed by atoms with Crippen molar-refractivity contribution in [1.82, 2.24) is 9.97 Å². The average molecular weight is 276 g/mol. The smallest absolute Gasteiger partial charge is 0.223 e. The standard InChI is InChI=1S/C14H20N4S/c1-3-10-7-11-12(16-8(2)9-5-4-6-9)17-14(15)18-13(11)19-10/h7-9H,3-6H2,1-2H3,(H3,15,16,17,18). The van der Waals surface area contributed by atoms with Crippen LogP contribution in [-0.2, 0) is 6.42 Å². The average Bonchev–Trinajstić information content (AvgIpc) is 2.69. The lowest BCUT2D eigenvalue weighted by Gasteiger charge is -2.32. The number of anilines is 2. The Bertz CT molecular complexity index is 588. The fourth-order valence-electron chi connectivity index (χ4n) is 2.55. The van der Waals surface area contributed by atoms with E-state index in [9.17, 15) is 0 Å². The zero-order valence-corrected chi connectivity index (χ0v) is 12.3. The Morgan fingerprint density at radius 1 is 1.47 bits per heavy atom. The van der Waals surface area contributed by atoms with Gasteiger partial charge in [-0.25, -0.2) is 4.98 Å². The van der Waals surface area contributed by atoms with E-state index in [1.807, 2.05) is 0 Å². The minimum atomic E-state index is 0.361. The maximum Gasteiger partial charge on any atom is 0.223 e. The fourth-order valence-corrected chi connectivity index (χ4v) is 3.52. The normalized spacial score (nSPS) is 17.4. The van der Waals surface area contributed by atoms with Gasteiger partial charge in [-0.3, -0.25) is 0 Å². The van der Waals surface area contributed by atoms with Gasteiger partial charge in [-0.1, -0.05) is 13.3 Å². The monoisotopic (exact) mass is 276 g/mol. The molecule has 19 heavy (non-hydrogen) atoms. The van der Waals surface area contributed by atoms with Crippen molar-refractivity contribution in [3.05, 3.63) is 10.9 Å². The molecule has 0 spiro atoms. The van der Waals surface area contributed by atoms with Gasteiger partial charge in [0.05, 0.1) is 5.39 Å². The maximum absolute atomic E-state index is 5.82. The molecule has 2 heterocycles. The van der Waals surface area contributed by atoms with Crippen LogP contribution in [0, 0.1) is 5.92 Å². The molecule has 1 saturated carbocycles. The summed E-state index contributed by atoms with van der Waals surface area (Å²) in [5.41, 5.74) is 5.82. The Morgan fingerprint density at radius 3 is 2.89 bits per heavy atom. The Hall–Kier alpha value is -1.36. The van der Waals surface area contributed by atoms with Crippen molar-refractivity contribution in [1.29, 1.82) is 0 Å². The van der Waals surface area contributed by atoms with Crippen LogP contribution in [0.5, 0.6) is 0 Å². The van der Waals surface area contributed by atoms with Crippen molar-refractivity contribution < 1.29 is 0 Å². The van der Waals surface area contributed by atoms with Gasteiger partial charge in [-0.15, -0.1) is 11.3 Å². The number of nitrogens with two attached hydrogens (primary N) is 1. The summed E-state index contributed by atoms with van der Waals surface area (Å²) in [6, 6.07) is 2.64. The third-order valence-corrected chi connectivity index (χ3v) is 5.20. The van der Waals surface area contributed by atoms with Gasteiger partial charge >= 0.3 is 0 Å². The molecule has 1 fully saturated rings. The van der Waals surface area contributed by atoms with Gasteiger partial charge in [0.1, 0.15) is 10.6 Å². The summed E-state index contributed by atoms with van der Waals surface area (Å²) >= 11 is 1.71. The summed E-state index contributed by atoms with van der Waals surface area (Å²) in [7, 11) is 0. The summed E-state index contributed by atoms with van der Waals surface area (Å²) in [6.07, 6.45) is 5.03. The summed E-state index contributed by atoms with van der Waals surface area (Å²) in [5, 5.41) is 4.65. The highest BCUT2D eigenvalue weighted by molar-refractivity contribution is 7.18. The van der Waals surface area contributed by atoms with E-state index < -0.39 is 0 Å². The second kappa shape index (κ2) is 4.96. The SMILES string of the molecule is CCc1cc2c(NC(C)C3CCC3)nc(N)nc2s1. The molecule has 3 N–H and O–H groups in total. The van der Waals surface area contributed by atoms with Gasteiger partial charge in [0.25, 0.3) is 0 Å². The molecular weight excluding hydrogens is 256 g/mol. The van der Waals surface area contributed by atoms with Crippen LogP contribution in [0.1, 0.15) is 38.0 Å². The van der Waals surface area contributed by atoms with E-state index in [2.05, 4.69) is 35.2 Å². The number of aryl methyl sites for hydroxylation is 1. The van der Waals surface area contributed by atoms with E-state index in [0.29, 0.717) is 12.0 Å². The lowest BCUT2D eigenvalue weighted by Crippen LogP contribution is -2.31. The number of nitrogens with zero attached hydrogens (tertiary/aromatic N) is 2. The molecule has 1 unspecified atom stereocenters. The molecule has 0 saturated heterocycles. The molecule has 0 bridgehead atoms. The third-order valence-electron chi connectivity index (χ3n) is 4.03. The van der Waals surface area contributed by atoms with Gasteiger partial charge < -0.3 is 11.1 Å². The number of rotatable bonds is 4. The largest absolute Gasteiger partial charge is 0.368 e. The van der Waals surface area contributed by atoms with E-state index in [1.54, 1.807) is 11.3 Å². The fraction of sp³-hybridized carbons (Fsp3) is 0.571. The number of thiophene rings is 1. The summed E-state index contributed by atoms with van der Waals surface area (Å²) in [4.78, 5) is 11.0. The van der Waals surface area contributed by atoms with Crippen LogP contribution in [0.2, 0.25) is 0 Å². The third kappa shape index (κ3) is 2.39. The lowest BCUT2D eigenvalue weighted by atomic mass is 9.80. The molecule has 1 aliphatic carbocycles. The predicted octanol–water partition coefficient (Wildman–Crippen LogP) is 3.44. The maximum atomic E-state index is 5.82. The minimum Gasteiger partial charge on any atom is -0.368 e. The number of hydrogen-bond donors (Lipinski definition) is 2. The first kappa shape index (κ1) is 12.7. The molecule has 1 aliphatic rings. The highest BCUT2D eigenvalue weighted by Gasteiger charge is 2.24.